The summed E-state index contributed by atoms with van der Waals surface area (Å²) in [6.45, 7) is 0. The van der Waals surface area contributed by atoms with Gasteiger partial charge in [0.05, 0.1) is 0 Å². The fourth-order valence-electron chi connectivity index (χ4n) is 2.69. The van der Waals surface area contributed by atoms with Crippen LogP contribution < -0.4 is 0 Å². The van der Waals surface area contributed by atoms with Crippen LogP contribution in [0.4, 0.5) is 0 Å². The van der Waals surface area contributed by atoms with Crippen molar-refractivity contribution in [1.82, 2.24) is 0 Å². The number of rotatable bonds is 0. The van der Waals surface area contributed by atoms with E-state index in [1.54, 1.807) is 0 Å². The lowest BCUT2D eigenvalue weighted by Gasteiger charge is -2.22. The first kappa shape index (κ1) is 5.91. The van der Waals surface area contributed by atoms with Crippen LogP contribution in [0.25, 0.3) is 0 Å². The van der Waals surface area contributed by atoms with E-state index in [9.17, 15) is 0 Å². The van der Waals surface area contributed by atoms with Crippen LogP contribution in [0.15, 0.2) is 11.1 Å². The SMILES string of the molecule is ClC1=C[C@@H]2C3C[C@H]1[C@H](Cl)[C@@H]32. The molecule has 0 spiro atoms. The van der Waals surface area contributed by atoms with Crippen LogP contribution in [0.2, 0.25) is 0 Å². The van der Waals surface area contributed by atoms with Gasteiger partial charge in [-0.25, -0.2) is 0 Å². The summed E-state index contributed by atoms with van der Waals surface area (Å²) in [4.78, 5) is 0. The Morgan fingerprint density at radius 1 is 1.50 bits per heavy atom. The van der Waals surface area contributed by atoms with Crippen molar-refractivity contribution in [3.63, 3.8) is 0 Å². The lowest BCUT2D eigenvalue weighted by atomic mass is 9.92. The lowest BCUT2D eigenvalue weighted by Crippen LogP contribution is -2.18. The lowest BCUT2D eigenvalue weighted by molar-refractivity contribution is 0.516. The van der Waals surface area contributed by atoms with E-state index < -0.39 is 0 Å². The maximum atomic E-state index is 6.17. The normalized spacial score (nSPS) is 62.2. The second kappa shape index (κ2) is 1.56. The number of allylic oxidation sites excluding steroid dienone is 2. The van der Waals surface area contributed by atoms with Gasteiger partial charge in [0.15, 0.2) is 0 Å². The molecule has 54 valence electrons. The van der Waals surface area contributed by atoms with Gasteiger partial charge in [0, 0.05) is 16.3 Å². The minimum Gasteiger partial charge on any atom is -0.122 e. The highest BCUT2D eigenvalue weighted by atomic mass is 35.5. The van der Waals surface area contributed by atoms with Crippen molar-refractivity contribution in [1.29, 1.82) is 0 Å². The molecule has 0 aromatic heterocycles. The first-order valence-corrected chi connectivity index (χ1v) is 4.62. The highest BCUT2D eigenvalue weighted by Crippen LogP contribution is 2.67. The first-order valence-electron chi connectivity index (χ1n) is 3.80. The van der Waals surface area contributed by atoms with Crippen molar-refractivity contribution in [2.75, 3.05) is 0 Å². The van der Waals surface area contributed by atoms with E-state index in [-0.39, 0.29) is 0 Å². The van der Waals surface area contributed by atoms with E-state index in [4.69, 9.17) is 23.2 Å². The zero-order valence-electron chi connectivity index (χ0n) is 5.43. The van der Waals surface area contributed by atoms with E-state index in [2.05, 4.69) is 6.08 Å². The predicted molar refractivity (Wildman–Crippen MR) is 42.2 cm³/mol. The quantitative estimate of drug-likeness (QED) is 0.496. The molecule has 5 atom stereocenters. The summed E-state index contributed by atoms with van der Waals surface area (Å²) in [6.07, 6.45) is 3.49. The Labute approximate surface area is 70.2 Å². The number of hydrogen-bond acceptors (Lipinski definition) is 0. The van der Waals surface area contributed by atoms with Gasteiger partial charge in [0.25, 0.3) is 0 Å². The third-order valence-electron chi connectivity index (χ3n) is 3.28. The van der Waals surface area contributed by atoms with Crippen molar-refractivity contribution in [3.8, 4) is 0 Å². The summed E-state index contributed by atoms with van der Waals surface area (Å²) < 4.78 is 0. The summed E-state index contributed by atoms with van der Waals surface area (Å²) in [6, 6.07) is 0. The third kappa shape index (κ3) is 0.485. The van der Waals surface area contributed by atoms with Gasteiger partial charge in [-0.05, 0) is 24.2 Å². The molecule has 0 aromatic carbocycles. The zero-order chi connectivity index (χ0) is 6.88. The Morgan fingerprint density at radius 2 is 2.30 bits per heavy atom. The third-order valence-corrected chi connectivity index (χ3v) is 4.28. The standard InChI is InChI=1S/C8H8Cl2/c9-6-2-4-3-1-5(6)8(10)7(3)4/h2-5,7-8H,1H2/t3?,4-,5-,7+,8+/m1/s1. The molecule has 0 heterocycles. The first-order chi connectivity index (χ1) is 4.79. The average Bonchev–Trinajstić information content (AvgIpc) is 2.47. The summed E-state index contributed by atoms with van der Waals surface area (Å²) in [7, 11) is 0. The molecule has 0 amide bonds. The van der Waals surface area contributed by atoms with Gasteiger partial charge in [-0.2, -0.15) is 0 Å². The van der Waals surface area contributed by atoms with Crippen molar-refractivity contribution in [2.45, 2.75) is 11.8 Å². The molecular formula is C8H8Cl2. The van der Waals surface area contributed by atoms with E-state index in [1.165, 1.54) is 6.42 Å². The summed E-state index contributed by atoms with van der Waals surface area (Å²) >= 11 is 12.2. The number of halogens is 2. The highest BCUT2D eigenvalue weighted by Gasteiger charge is 2.63. The molecule has 4 aliphatic rings. The Hall–Kier alpha value is 0.320. The Bertz CT molecular complexity index is 221. The molecule has 10 heavy (non-hydrogen) atoms. The van der Waals surface area contributed by atoms with E-state index >= 15 is 0 Å². The van der Waals surface area contributed by atoms with E-state index in [0.717, 1.165) is 22.8 Å². The predicted octanol–water partition coefficient (Wildman–Crippen LogP) is 2.61. The molecule has 0 saturated heterocycles. The smallest absolute Gasteiger partial charge is 0.0450 e. The maximum Gasteiger partial charge on any atom is 0.0450 e. The van der Waals surface area contributed by atoms with Gasteiger partial charge in [-0.15, -0.1) is 11.6 Å². The van der Waals surface area contributed by atoms with Gasteiger partial charge in [-0.1, -0.05) is 17.7 Å². The molecule has 1 unspecified atom stereocenters. The Kier molecular flexibility index (Phi) is 0.923. The molecule has 2 fully saturated rings. The molecular weight excluding hydrogens is 167 g/mol. The topological polar surface area (TPSA) is 0 Å². The molecule has 4 aliphatic carbocycles. The molecule has 2 saturated carbocycles. The van der Waals surface area contributed by atoms with Crippen molar-refractivity contribution >= 4 is 23.2 Å². The minimum absolute atomic E-state index is 0.368. The maximum absolute atomic E-state index is 6.17. The number of alkyl halides is 1. The van der Waals surface area contributed by atoms with Gasteiger partial charge in [0.2, 0.25) is 0 Å². The number of hydrogen-bond donors (Lipinski definition) is 0. The molecule has 4 rings (SSSR count). The Balaban J connectivity index is 2.10. The summed E-state index contributed by atoms with van der Waals surface area (Å²) in [5.74, 6) is 2.99. The van der Waals surface area contributed by atoms with Crippen LogP contribution in [-0.4, -0.2) is 5.38 Å². The Morgan fingerprint density at radius 3 is 2.70 bits per heavy atom. The molecule has 0 radical (unpaired) electrons. The molecule has 0 aromatic rings. The van der Waals surface area contributed by atoms with Crippen LogP contribution in [0.5, 0.6) is 0 Å². The summed E-state index contributed by atoms with van der Waals surface area (Å²) in [5, 5.41) is 1.41. The van der Waals surface area contributed by atoms with E-state index in [0.29, 0.717) is 11.3 Å². The molecule has 0 nitrogen and oxygen atoms in total. The summed E-state index contributed by atoms with van der Waals surface area (Å²) in [5.41, 5.74) is 0. The largest absolute Gasteiger partial charge is 0.122 e. The van der Waals surface area contributed by atoms with E-state index in [1.807, 2.05) is 0 Å². The van der Waals surface area contributed by atoms with Crippen molar-refractivity contribution < 1.29 is 0 Å². The second-order valence-electron chi connectivity index (χ2n) is 3.66. The van der Waals surface area contributed by atoms with Crippen LogP contribution in [0, 0.1) is 23.7 Å². The van der Waals surface area contributed by atoms with Gasteiger partial charge >= 0.3 is 0 Å². The molecule has 2 heteroatoms. The van der Waals surface area contributed by atoms with Gasteiger partial charge < -0.3 is 0 Å². The monoisotopic (exact) mass is 174 g/mol. The van der Waals surface area contributed by atoms with Gasteiger partial charge in [0.1, 0.15) is 0 Å². The van der Waals surface area contributed by atoms with Crippen LogP contribution in [0.1, 0.15) is 6.42 Å². The fraction of sp³-hybridized carbons (Fsp3) is 0.750. The molecule has 4 bridgehead atoms. The fourth-order valence-corrected chi connectivity index (χ4v) is 3.72. The minimum atomic E-state index is 0.368. The van der Waals surface area contributed by atoms with Crippen LogP contribution >= 0.6 is 23.2 Å². The molecule has 0 aliphatic heterocycles. The second-order valence-corrected chi connectivity index (χ2v) is 4.60. The zero-order valence-corrected chi connectivity index (χ0v) is 6.94. The van der Waals surface area contributed by atoms with Crippen LogP contribution in [-0.2, 0) is 0 Å². The highest BCUT2D eigenvalue weighted by molar-refractivity contribution is 6.31. The van der Waals surface area contributed by atoms with Crippen molar-refractivity contribution in [2.24, 2.45) is 23.7 Å². The van der Waals surface area contributed by atoms with Crippen molar-refractivity contribution in [3.05, 3.63) is 11.1 Å². The average molecular weight is 175 g/mol. The van der Waals surface area contributed by atoms with Gasteiger partial charge in [-0.3, -0.25) is 0 Å². The molecule has 0 N–H and O–H groups in total. The van der Waals surface area contributed by atoms with Crippen LogP contribution in [0.3, 0.4) is 0 Å².